The molecule has 2 rings (SSSR count). The van der Waals surface area contributed by atoms with Gasteiger partial charge in [0.05, 0.1) is 18.2 Å². The SMILES string of the molecule is CSCCC1NC(=O)N(Cc2ccccc2C#N)C1=O. The van der Waals surface area contributed by atoms with Gasteiger partial charge in [0.25, 0.3) is 5.91 Å². The number of hydrogen-bond acceptors (Lipinski definition) is 4. The monoisotopic (exact) mass is 289 g/mol. The van der Waals surface area contributed by atoms with Crippen molar-refractivity contribution in [1.29, 1.82) is 5.26 Å². The number of thioether (sulfide) groups is 1. The lowest BCUT2D eigenvalue weighted by Crippen LogP contribution is -2.31. The number of amides is 3. The van der Waals surface area contributed by atoms with Gasteiger partial charge in [-0.05, 0) is 30.1 Å². The van der Waals surface area contributed by atoms with Crippen LogP contribution in [0, 0.1) is 11.3 Å². The molecule has 1 atom stereocenters. The number of carbonyl (C=O) groups is 2. The highest BCUT2D eigenvalue weighted by atomic mass is 32.2. The number of rotatable bonds is 5. The van der Waals surface area contributed by atoms with E-state index in [1.54, 1.807) is 36.0 Å². The maximum Gasteiger partial charge on any atom is 0.325 e. The van der Waals surface area contributed by atoms with E-state index in [9.17, 15) is 9.59 Å². The van der Waals surface area contributed by atoms with E-state index in [1.165, 1.54) is 4.90 Å². The zero-order valence-electron chi connectivity index (χ0n) is 11.1. The highest BCUT2D eigenvalue weighted by Crippen LogP contribution is 2.17. The van der Waals surface area contributed by atoms with Crippen LogP contribution in [0.25, 0.3) is 0 Å². The van der Waals surface area contributed by atoms with Crippen molar-refractivity contribution in [3.05, 3.63) is 35.4 Å². The van der Waals surface area contributed by atoms with Crippen molar-refractivity contribution in [2.45, 2.75) is 19.0 Å². The van der Waals surface area contributed by atoms with Crippen molar-refractivity contribution in [2.75, 3.05) is 12.0 Å². The molecule has 1 saturated heterocycles. The topological polar surface area (TPSA) is 73.2 Å². The third-order valence-electron chi connectivity index (χ3n) is 3.18. The number of urea groups is 1. The van der Waals surface area contributed by atoms with Crippen molar-refractivity contribution in [3.63, 3.8) is 0 Å². The van der Waals surface area contributed by atoms with Gasteiger partial charge in [-0.25, -0.2) is 4.79 Å². The van der Waals surface area contributed by atoms with Crippen LogP contribution >= 0.6 is 11.8 Å². The highest BCUT2D eigenvalue weighted by Gasteiger charge is 2.37. The Kier molecular flexibility index (Phi) is 4.64. The van der Waals surface area contributed by atoms with E-state index in [2.05, 4.69) is 11.4 Å². The highest BCUT2D eigenvalue weighted by molar-refractivity contribution is 7.98. The molecule has 6 heteroatoms. The summed E-state index contributed by atoms with van der Waals surface area (Å²) in [6.07, 6.45) is 2.59. The Balaban J connectivity index is 2.12. The number of hydrogen-bond donors (Lipinski definition) is 1. The molecular weight excluding hydrogens is 274 g/mol. The first-order chi connectivity index (χ1) is 9.67. The fraction of sp³-hybridized carbons (Fsp3) is 0.357. The van der Waals surface area contributed by atoms with Crippen LogP contribution in [0.3, 0.4) is 0 Å². The summed E-state index contributed by atoms with van der Waals surface area (Å²) in [7, 11) is 0. The maximum absolute atomic E-state index is 12.2. The predicted molar refractivity (Wildman–Crippen MR) is 77.0 cm³/mol. The van der Waals surface area contributed by atoms with Crippen LogP contribution in [0.1, 0.15) is 17.5 Å². The number of nitrogens with zero attached hydrogens (tertiary/aromatic N) is 2. The van der Waals surface area contributed by atoms with Gasteiger partial charge < -0.3 is 5.32 Å². The molecule has 1 N–H and O–H groups in total. The lowest BCUT2D eigenvalue weighted by Gasteiger charge is -2.13. The lowest BCUT2D eigenvalue weighted by molar-refractivity contribution is -0.127. The molecule has 20 heavy (non-hydrogen) atoms. The van der Waals surface area contributed by atoms with E-state index >= 15 is 0 Å². The molecule has 5 nitrogen and oxygen atoms in total. The van der Waals surface area contributed by atoms with Crippen molar-refractivity contribution in [3.8, 4) is 6.07 Å². The molecule has 0 radical (unpaired) electrons. The molecule has 1 fully saturated rings. The van der Waals surface area contributed by atoms with Crippen LogP contribution in [0.2, 0.25) is 0 Å². The Morgan fingerprint density at radius 1 is 1.40 bits per heavy atom. The van der Waals surface area contributed by atoms with Gasteiger partial charge in [-0.2, -0.15) is 17.0 Å². The van der Waals surface area contributed by atoms with Gasteiger partial charge in [0.1, 0.15) is 6.04 Å². The second-order valence-corrected chi connectivity index (χ2v) is 5.46. The summed E-state index contributed by atoms with van der Waals surface area (Å²) in [6.45, 7) is 0.143. The largest absolute Gasteiger partial charge is 0.326 e. The Labute approximate surface area is 121 Å². The van der Waals surface area contributed by atoms with Crippen LogP contribution in [0.4, 0.5) is 4.79 Å². The fourth-order valence-electron chi connectivity index (χ4n) is 2.10. The zero-order valence-corrected chi connectivity index (χ0v) is 11.9. The molecule has 1 unspecified atom stereocenters. The Hall–Kier alpha value is -2.00. The molecule has 1 aliphatic heterocycles. The summed E-state index contributed by atoms with van der Waals surface area (Å²) in [5, 5.41) is 11.7. The first kappa shape index (κ1) is 14.4. The predicted octanol–water partition coefficient (Wildman–Crippen LogP) is 1.73. The van der Waals surface area contributed by atoms with E-state index < -0.39 is 6.04 Å². The van der Waals surface area contributed by atoms with Gasteiger partial charge in [-0.15, -0.1) is 0 Å². The fourth-order valence-corrected chi connectivity index (χ4v) is 2.57. The molecule has 0 spiro atoms. The lowest BCUT2D eigenvalue weighted by atomic mass is 10.1. The second kappa shape index (κ2) is 6.44. The van der Waals surface area contributed by atoms with Gasteiger partial charge in [0.15, 0.2) is 0 Å². The molecule has 0 aliphatic carbocycles. The molecule has 0 aromatic heterocycles. The van der Waals surface area contributed by atoms with Gasteiger partial charge >= 0.3 is 6.03 Å². The Morgan fingerprint density at radius 3 is 2.85 bits per heavy atom. The normalized spacial score (nSPS) is 18.0. The van der Waals surface area contributed by atoms with Gasteiger partial charge in [0, 0.05) is 0 Å². The molecule has 1 aliphatic rings. The van der Waals surface area contributed by atoms with Crippen LogP contribution in [-0.4, -0.2) is 34.9 Å². The minimum atomic E-state index is -0.441. The molecule has 3 amide bonds. The molecule has 104 valence electrons. The summed E-state index contributed by atoms with van der Waals surface area (Å²) in [5.74, 6) is 0.607. The van der Waals surface area contributed by atoms with E-state index in [0.29, 0.717) is 17.5 Å². The molecule has 1 aromatic carbocycles. The summed E-state index contributed by atoms with van der Waals surface area (Å²) in [5.41, 5.74) is 1.17. The molecule has 0 saturated carbocycles. The number of nitriles is 1. The first-order valence-corrected chi connectivity index (χ1v) is 7.65. The van der Waals surface area contributed by atoms with Crippen molar-refractivity contribution in [1.82, 2.24) is 10.2 Å². The Bertz CT molecular complexity index is 568. The number of imide groups is 1. The zero-order chi connectivity index (χ0) is 14.5. The van der Waals surface area contributed by atoms with Crippen molar-refractivity contribution in [2.24, 2.45) is 0 Å². The molecule has 1 heterocycles. The minimum Gasteiger partial charge on any atom is -0.326 e. The van der Waals surface area contributed by atoms with Crippen molar-refractivity contribution >= 4 is 23.7 Å². The number of benzene rings is 1. The van der Waals surface area contributed by atoms with Gasteiger partial charge in [0.2, 0.25) is 0 Å². The smallest absolute Gasteiger partial charge is 0.325 e. The Morgan fingerprint density at radius 2 is 2.15 bits per heavy atom. The third-order valence-corrected chi connectivity index (χ3v) is 3.83. The molecular formula is C14H15N3O2S. The first-order valence-electron chi connectivity index (χ1n) is 6.26. The second-order valence-electron chi connectivity index (χ2n) is 4.48. The quantitative estimate of drug-likeness (QED) is 0.838. The summed E-state index contributed by atoms with van der Waals surface area (Å²) in [6, 6.07) is 8.24. The number of carbonyl (C=O) groups excluding carboxylic acids is 2. The number of nitrogens with one attached hydrogen (secondary N) is 1. The third kappa shape index (κ3) is 2.94. The van der Waals surface area contributed by atoms with Gasteiger partial charge in [-0.1, -0.05) is 18.2 Å². The van der Waals surface area contributed by atoms with Crippen LogP contribution in [0.15, 0.2) is 24.3 Å². The maximum atomic E-state index is 12.2. The van der Waals surface area contributed by atoms with E-state index in [0.717, 1.165) is 5.75 Å². The average molecular weight is 289 g/mol. The van der Waals surface area contributed by atoms with Crippen LogP contribution in [0.5, 0.6) is 0 Å². The standard InChI is InChI=1S/C14H15N3O2S/c1-20-7-6-12-13(18)17(14(19)16-12)9-11-5-3-2-4-10(11)8-15/h2-5,12H,6-7,9H2,1H3,(H,16,19). The molecule has 0 bridgehead atoms. The van der Waals surface area contributed by atoms with E-state index in [1.807, 2.05) is 6.26 Å². The van der Waals surface area contributed by atoms with Crippen molar-refractivity contribution < 1.29 is 9.59 Å². The summed E-state index contributed by atoms with van der Waals surface area (Å²) >= 11 is 1.64. The van der Waals surface area contributed by atoms with E-state index in [4.69, 9.17) is 5.26 Å². The molecule has 1 aromatic rings. The van der Waals surface area contributed by atoms with E-state index in [-0.39, 0.29) is 18.5 Å². The van der Waals surface area contributed by atoms with Gasteiger partial charge in [-0.3, -0.25) is 9.69 Å². The average Bonchev–Trinajstić information content (AvgIpc) is 2.73. The summed E-state index contributed by atoms with van der Waals surface area (Å²) < 4.78 is 0. The van der Waals surface area contributed by atoms with Crippen LogP contribution < -0.4 is 5.32 Å². The summed E-state index contributed by atoms with van der Waals surface area (Å²) in [4.78, 5) is 25.2. The van der Waals surface area contributed by atoms with Crippen LogP contribution in [-0.2, 0) is 11.3 Å². The minimum absolute atomic E-state index is 0.143.